The minimum absolute atomic E-state index is 0.386. The number of β-amino-alcohol motifs (C(OH)–C–C–N with tert-alkyl or cyclic N) is 1. The number of thiazole rings is 1. The van der Waals surface area contributed by atoms with Crippen LogP contribution in [-0.2, 0) is 4.74 Å². The van der Waals surface area contributed by atoms with Gasteiger partial charge in [-0.05, 0) is 44.1 Å². The number of anilines is 1. The summed E-state index contributed by atoms with van der Waals surface area (Å²) in [4.78, 5) is 9.21. The first-order valence-electron chi connectivity index (χ1n) is 8.45. The maximum Gasteiger partial charge on any atom is 0.186 e. The third kappa shape index (κ3) is 3.53. The largest absolute Gasteiger partial charge is 0.384 e. The van der Waals surface area contributed by atoms with Crippen LogP contribution in [0.4, 0.5) is 5.13 Å². The van der Waals surface area contributed by atoms with E-state index in [1.807, 2.05) is 18.2 Å². The van der Waals surface area contributed by atoms with Crippen molar-refractivity contribution in [2.75, 3.05) is 50.8 Å². The summed E-state index contributed by atoms with van der Waals surface area (Å²) >= 11 is 7.70. The van der Waals surface area contributed by atoms with Crippen molar-refractivity contribution in [2.45, 2.75) is 18.4 Å². The fourth-order valence-electron chi connectivity index (χ4n) is 3.55. The summed E-state index contributed by atoms with van der Waals surface area (Å²) in [7, 11) is 0. The Morgan fingerprint density at radius 3 is 2.96 bits per heavy atom. The lowest BCUT2D eigenvalue weighted by Gasteiger charge is -2.33. The number of fused-ring (bicyclic) bond motifs is 1. The molecule has 130 valence electrons. The van der Waals surface area contributed by atoms with E-state index in [9.17, 15) is 5.11 Å². The average molecular weight is 368 g/mol. The molecule has 4 rings (SSSR count). The predicted molar refractivity (Wildman–Crippen MR) is 98.3 cm³/mol. The molecular weight excluding hydrogens is 346 g/mol. The molecule has 0 radical (unpaired) electrons. The standard InChI is InChI=1S/C17H22ClN3O2S/c18-13-3-4-14-15(9-13)24-16(19-14)21-7-8-23-12-17(22,11-21)10-20-5-1-2-6-20/h3-4,9,22H,1-2,5-8,10-12H2/t17-/m0/s1. The van der Waals surface area contributed by atoms with E-state index in [2.05, 4.69) is 9.80 Å². The molecule has 2 fully saturated rings. The molecule has 2 aromatic rings. The zero-order chi connectivity index (χ0) is 16.6. The van der Waals surface area contributed by atoms with Gasteiger partial charge in [0.15, 0.2) is 5.13 Å². The van der Waals surface area contributed by atoms with Crippen LogP contribution in [0.25, 0.3) is 10.2 Å². The number of aliphatic hydroxyl groups is 1. The van der Waals surface area contributed by atoms with E-state index >= 15 is 0 Å². The van der Waals surface area contributed by atoms with Crippen LogP contribution in [-0.4, -0.2) is 66.5 Å². The van der Waals surface area contributed by atoms with E-state index < -0.39 is 5.60 Å². The molecular formula is C17H22ClN3O2S. The maximum absolute atomic E-state index is 11.1. The molecule has 0 spiro atoms. The van der Waals surface area contributed by atoms with Gasteiger partial charge in [0.1, 0.15) is 5.60 Å². The maximum atomic E-state index is 11.1. The number of hydrogen-bond donors (Lipinski definition) is 1. The lowest BCUT2D eigenvalue weighted by atomic mass is 10.0. The Labute approximate surface area is 150 Å². The monoisotopic (exact) mass is 367 g/mol. The van der Waals surface area contributed by atoms with Gasteiger partial charge in [0.05, 0.1) is 30.0 Å². The van der Waals surface area contributed by atoms with Gasteiger partial charge in [-0.1, -0.05) is 22.9 Å². The van der Waals surface area contributed by atoms with Crippen LogP contribution in [0.3, 0.4) is 0 Å². The van der Waals surface area contributed by atoms with Gasteiger partial charge in [0.25, 0.3) is 0 Å². The van der Waals surface area contributed by atoms with E-state index in [1.54, 1.807) is 11.3 Å². The van der Waals surface area contributed by atoms with Crippen molar-refractivity contribution in [3.05, 3.63) is 23.2 Å². The van der Waals surface area contributed by atoms with Gasteiger partial charge in [-0.15, -0.1) is 0 Å². The van der Waals surface area contributed by atoms with Crippen molar-refractivity contribution in [1.82, 2.24) is 9.88 Å². The van der Waals surface area contributed by atoms with E-state index in [0.717, 1.165) is 40.0 Å². The van der Waals surface area contributed by atoms with E-state index in [4.69, 9.17) is 21.3 Å². The number of aromatic nitrogens is 1. The summed E-state index contributed by atoms with van der Waals surface area (Å²) < 4.78 is 6.78. The molecule has 5 nitrogen and oxygen atoms in total. The highest BCUT2D eigenvalue weighted by molar-refractivity contribution is 7.22. The van der Waals surface area contributed by atoms with Crippen molar-refractivity contribution < 1.29 is 9.84 Å². The van der Waals surface area contributed by atoms with Crippen molar-refractivity contribution in [2.24, 2.45) is 0 Å². The van der Waals surface area contributed by atoms with Gasteiger partial charge >= 0.3 is 0 Å². The number of benzene rings is 1. The first-order chi connectivity index (χ1) is 11.6. The number of hydrogen-bond acceptors (Lipinski definition) is 6. The fraction of sp³-hybridized carbons (Fsp3) is 0.588. The van der Waals surface area contributed by atoms with Crippen molar-refractivity contribution >= 4 is 38.3 Å². The second kappa shape index (κ2) is 6.77. The first kappa shape index (κ1) is 16.5. The minimum Gasteiger partial charge on any atom is -0.384 e. The Morgan fingerprint density at radius 2 is 2.12 bits per heavy atom. The topological polar surface area (TPSA) is 48.8 Å². The van der Waals surface area contributed by atoms with Crippen LogP contribution in [0, 0.1) is 0 Å². The second-order valence-electron chi connectivity index (χ2n) is 6.79. The van der Waals surface area contributed by atoms with E-state index in [0.29, 0.717) is 26.3 Å². The number of likely N-dealkylation sites (tertiary alicyclic amines) is 1. The normalized spacial score (nSPS) is 26.2. The quantitative estimate of drug-likeness (QED) is 0.903. The molecule has 1 aromatic carbocycles. The second-order valence-corrected chi connectivity index (χ2v) is 8.24. The molecule has 0 saturated carbocycles. The number of ether oxygens (including phenoxy) is 1. The molecule has 2 saturated heterocycles. The smallest absolute Gasteiger partial charge is 0.186 e. The van der Waals surface area contributed by atoms with Crippen LogP contribution >= 0.6 is 22.9 Å². The molecule has 24 heavy (non-hydrogen) atoms. The average Bonchev–Trinajstić information content (AvgIpc) is 3.15. The molecule has 2 aliphatic rings. The lowest BCUT2D eigenvalue weighted by molar-refractivity contribution is -0.0439. The third-order valence-corrected chi connectivity index (χ3v) is 6.00. The zero-order valence-corrected chi connectivity index (χ0v) is 15.2. The van der Waals surface area contributed by atoms with Crippen LogP contribution in [0.1, 0.15) is 12.8 Å². The van der Waals surface area contributed by atoms with Gasteiger partial charge in [-0.3, -0.25) is 0 Å². The molecule has 2 aliphatic heterocycles. The van der Waals surface area contributed by atoms with Crippen molar-refractivity contribution in [3.8, 4) is 0 Å². The Hall–Kier alpha value is -0.920. The molecule has 0 unspecified atom stereocenters. The Morgan fingerprint density at radius 1 is 1.29 bits per heavy atom. The summed E-state index contributed by atoms with van der Waals surface area (Å²) in [5.74, 6) is 0. The Balaban J connectivity index is 1.56. The summed E-state index contributed by atoms with van der Waals surface area (Å²) in [6.07, 6.45) is 2.44. The van der Waals surface area contributed by atoms with Crippen LogP contribution < -0.4 is 4.90 Å². The Bertz CT molecular complexity index is 719. The van der Waals surface area contributed by atoms with Crippen LogP contribution in [0.5, 0.6) is 0 Å². The number of rotatable bonds is 3. The summed E-state index contributed by atoms with van der Waals surface area (Å²) in [6.45, 7) is 5.10. The Kier molecular flexibility index (Phi) is 4.66. The fourth-order valence-corrected chi connectivity index (χ4v) is 4.82. The molecule has 3 heterocycles. The molecule has 1 aromatic heterocycles. The molecule has 1 atom stereocenters. The third-order valence-electron chi connectivity index (χ3n) is 4.69. The van der Waals surface area contributed by atoms with E-state index in [1.165, 1.54) is 12.8 Å². The molecule has 0 bridgehead atoms. The first-order valence-corrected chi connectivity index (χ1v) is 9.64. The lowest BCUT2D eigenvalue weighted by Crippen LogP contribution is -2.52. The highest BCUT2D eigenvalue weighted by Crippen LogP contribution is 2.32. The number of nitrogens with zero attached hydrogens (tertiary/aromatic N) is 3. The van der Waals surface area contributed by atoms with Gasteiger partial charge in [0, 0.05) is 18.1 Å². The minimum atomic E-state index is -0.851. The molecule has 1 N–H and O–H groups in total. The molecule has 0 aliphatic carbocycles. The highest BCUT2D eigenvalue weighted by atomic mass is 35.5. The molecule has 0 amide bonds. The van der Waals surface area contributed by atoms with Gasteiger partial charge in [0.2, 0.25) is 0 Å². The zero-order valence-electron chi connectivity index (χ0n) is 13.6. The summed E-state index contributed by atoms with van der Waals surface area (Å²) in [5.41, 5.74) is 0.101. The summed E-state index contributed by atoms with van der Waals surface area (Å²) in [5, 5.41) is 12.8. The SMILES string of the molecule is O[C@]1(CN2CCCC2)COCCN(c2nc3ccc(Cl)cc3s2)C1. The van der Waals surface area contributed by atoms with E-state index in [-0.39, 0.29) is 0 Å². The highest BCUT2D eigenvalue weighted by Gasteiger charge is 2.36. The van der Waals surface area contributed by atoms with Gasteiger partial charge in [-0.25, -0.2) is 4.98 Å². The van der Waals surface area contributed by atoms with Gasteiger partial charge < -0.3 is 19.6 Å². The predicted octanol–water partition coefficient (Wildman–Crippen LogP) is 2.61. The van der Waals surface area contributed by atoms with Crippen molar-refractivity contribution in [3.63, 3.8) is 0 Å². The molecule has 7 heteroatoms. The summed E-state index contributed by atoms with van der Waals surface area (Å²) in [6, 6.07) is 5.76. The van der Waals surface area contributed by atoms with Crippen molar-refractivity contribution in [1.29, 1.82) is 0 Å². The number of halogens is 1. The van der Waals surface area contributed by atoms with Crippen LogP contribution in [0.15, 0.2) is 18.2 Å². The van der Waals surface area contributed by atoms with Gasteiger partial charge in [-0.2, -0.15) is 0 Å². The van der Waals surface area contributed by atoms with Crippen LogP contribution in [0.2, 0.25) is 5.02 Å².